The van der Waals surface area contributed by atoms with Crippen LogP contribution in [0.15, 0.2) is 54.9 Å². The van der Waals surface area contributed by atoms with Crippen LogP contribution >= 0.6 is 0 Å². The van der Waals surface area contributed by atoms with Gasteiger partial charge in [-0.15, -0.1) is 0 Å². The van der Waals surface area contributed by atoms with E-state index in [0.717, 1.165) is 43.0 Å². The zero-order valence-corrected chi connectivity index (χ0v) is 17.2. The van der Waals surface area contributed by atoms with Crippen molar-refractivity contribution in [1.82, 2.24) is 9.97 Å². The average molecular weight is 434 g/mol. The van der Waals surface area contributed by atoms with Crippen LogP contribution in [-0.2, 0) is 6.42 Å². The van der Waals surface area contributed by atoms with Gasteiger partial charge in [0.25, 0.3) is 0 Å². The SMILES string of the molecule is CCCCc1cnc(-c2cc(F)c(C#Cc3ccc4c(F)c(F)ccc4c3)c(F)c2)nc1. The van der Waals surface area contributed by atoms with Crippen molar-refractivity contribution >= 4 is 10.8 Å². The summed E-state index contributed by atoms with van der Waals surface area (Å²) in [6.07, 6.45) is 6.24. The molecule has 0 aliphatic heterocycles. The number of hydrogen-bond acceptors (Lipinski definition) is 2. The maximum absolute atomic E-state index is 14.6. The number of rotatable bonds is 4. The van der Waals surface area contributed by atoms with Crippen LogP contribution in [0, 0.1) is 35.1 Å². The van der Waals surface area contributed by atoms with Crippen LogP contribution in [0.3, 0.4) is 0 Å². The van der Waals surface area contributed by atoms with Crippen molar-refractivity contribution in [2.24, 2.45) is 0 Å². The fraction of sp³-hybridized carbons (Fsp3) is 0.154. The first kappa shape index (κ1) is 21.5. The van der Waals surface area contributed by atoms with Gasteiger partial charge in [-0.1, -0.05) is 37.3 Å². The highest BCUT2D eigenvalue weighted by Gasteiger charge is 2.12. The summed E-state index contributed by atoms with van der Waals surface area (Å²) in [4.78, 5) is 8.42. The molecule has 0 amide bonds. The van der Waals surface area contributed by atoms with Gasteiger partial charge in [0, 0.05) is 28.9 Å². The van der Waals surface area contributed by atoms with Crippen molar-refractivity contribution in [1.29, 1.82) is 0 Å². The Kier molecular flexibility index (Phi) is 6.18. The highest BCUT2D eigenvalue weighted by molar-refractivity contribution is 5.84. The molecule has 4 rings (SSSR count). The standard InChI is InChI=1S/C26H18F4N2/c1-2-3-4-17-14-31-26(32-15-17)19-12-23(28)21(24(29)13-19)9-6-16-5-8-20-18(11-16)7-10-22(27)25(20)30/h5,7-8,10-15H,2-4H2,1H3. The van der Waals surface area contributed by atoms with E-state index in [1.54, 1.807) is 12.4 Å². The van der Waals surface area contributed by atoms with Crippen LogP contribution in [0.1, 0.15) is 36.5 Å². The summed E-state index contributed by atoms with van der Waals surface area (Å²) in [5, 5.41) is 0.546. The van der Waals surface area contributed by atoms with E-state index in [0.29, 0.717) is 10.9 Å². The summed E-state index contributed by atoms with van der Waals surface area (Å²) in [7, 11) is 0. The monoisotopic (exact) mass is 434 g/mol. The van der Waals surface area contributed by atoms with Gasteiger partial charge in [-0.05, 0) is 54.1 Å². The smallest absolute Gasteiger partial charge is 0.166 e. The molecule has 0 N–H and O–H groups in total. The Balaban J connectivity index is 1.62. The lowest BCUT2D eigenvalue weighted by atomic mass is 10.1. The molecule has 1 heterocycles. The van der Waals surface area contributed by atoms with Crippen LogP contribution in [0.2, 0.25) is 0 Å². The van der Waals surface area contributed by atoms with E-state index in [9.17, 15) is 17.6 Å². The largest absolute Gasteiger partial charge is 0.236 e. The predicted molar refractivity (Wildman–Crippen MR) is 116 cm³/mol. The second-order valence-electron chi connectivity index (χ2n) is 7.38. The van der Waals surface area contributed by atoms with E-state index in [4.69, 9.17) is 0 Å². The number of nitrogens with zero attached hydrogens (tertiary/aromatic N) is 2. The first-order valence-electron chi connectivity index (χ1n) is 10.2. The molecular formula is C26H18F4N2. The molecule has 1 aromatic heterocycles. The van der Waals surface area contributed by atoms with E-state index in [1.165, 1.54) is 24.3 Å². The summed E-state index contributed by atoms with van der Waals surface area (Å²) >= 11 is 0. The fourth-order valence-electron chi connectivity index (χ4n) is 3.31. The molecule has 0 fully saturated rings. The maximum Gasteiger partial charge on any atom is 0.166 e. The summed E-state index contributed by atoms with van der Waals surface area (Å²) in [5.74, 6) is 1.84. The number of aryl methyl sites for hydroxylation is 1. The molecule has 32 heavy (non-hydrogen) atoms. The molecule has 0 atom stereocenters. The summed E-state index contributed by atoms with van der Waals surface area (Å²) in [6, 6.07) is 9.11. The molecule has 0 unspecified atom stereocenters. The first-order valence-corrected chi connectivity index (χ1v) is 10.2. The molecular weight excluding hydrogens is 416 g/mol. The van der Waals surface area contributed by atoms with Crippen LogP contribution in [0.5, 0.6) is 0 Å². The van der Waals surface area contributed by atoms with Gasteiger partial charge in [-0.25, -0.2) is 27.5 Å². The molecule has 0 saturated carbocycles. The Morgan fingerprint density at radius 3 is 2.22 bits per heavy atom. The Bertz CT molecular complexity index is 1330. The molecule has 0 aliphatic rings. The topological polar surface area (TPSA) is 25.8 Å². The van der Waals surface area contributed by atoms with Crippen molar-refractivity contribution in [2.75, 3.05) is 0 Å². The van der Waals surface area contributed by atoms with Crippen molar-refractivity contribution in [3.63, 3.8) is 0 Å². The van der Waals surface area contributed by atoms with Gasteiger partial charge in [0.1, 0.15) is 11.6 Å². The van der Waals surface area contributed by atoms with Crippen LogP contribution in [-0.4, -0.2) is 9.97 Å². The molecule has 160 valence electrons. The minimum atomic E-state index is -0.949. The second-order valence-corrected chi connectivity index (χ2v) is 7.38. The summed E-state index contributed by atoms with van der Waals surface area (Å²) in [6.45, 7) is 2.09. The molecule has 0 bridgehead atoms. The van der Waals surface area contributed by atoms with E-state index in [1.807, 2.05) is 0 Å². The summed E-state index contributed by atoms with van der Waals surface area (Å²) in [5.41, 5.74) is 1.21. The van der Waals surface area contributed by atoms with Gasteiger partial charge in [0.05, 0.1) is 5.56 Å². The Hall–Kier alpha value is -3.72. The molecule has 3 aromatic carbocycles. The van der Waals surface area contributed by atoms with Gasteiger partial charge in [-0.2, -0.15) is 0 Å². The molecule has 4 aromatic rings. The lowest BCUT2D eigenvalue weighted by Crippen LogP contribution is -1.97. The van der Waals surface area contributed by atoms with Crippen molar-refractivity contribution in [2.45, 2.75) is 26.2 Å². The van der Waals surface area contributed by atoms with E-state index < -0.39 is 28.8 Å². The zero-order valence-electron chi connectivity index (χ0n) is 17.2. The van der Waals surface area contributed by atoms with E-state index in [2.05, 4.69) is 28.7 Å². The molecule has 2 nitrogen and oxygen atoms in total. The van der Waals surface area contributed by atoms with Gasteiger partial charge < -0.3 is 0 Å². The highest BCUT2D eigenvalue weighted by atomic mass is 19.2. The lowest BCUT2D eigenvalue weighted by molar-refractivity contribution is 0.517. The normalized spacial score (nSPS) is 10.8. The van der Waals surface area contributed by atoms with Crippen LogP contribution < -0.4 is 0 Å². The minimum absolute atomic E-state index is 0.109. The number of aromatic nitrogens is 2. The zero-order chi connectivity index (χ0) is 22.7. The number of halogens is 4. The van der Waals surface area contributed by atoms with Gasteiger partial charge in [-0.3, -0.25) is 0 Å². The van der Waals surface area contributed by atoms with Gasteiger partial charge in [0.15, 0.2) is 17.5 Å². The first-order chi connectivity index (χ1) is 15.5. The van der Waals surface area contributed by atoms with Crippen molar-refractivity contribution < 1.29 is 17.6 Å². The molecule has 0 saturated heterocycles. The quantitative estimate of drug-likeness (QED) is 0.267. The number of fused-ring (bicyclic) bond motifs is 1. The number of hydrogen-bond donors (Lipinski definition) is 0. The van der Waals surface area contributed by atoms with Crippen LogP contribution in [0.25, 0.3) is 22.2 Å². The van der Waals surface area contributed by atoms with E-state index in [-0.39, 0.29) is 16.8 Å². The van der Waals surface area contributed by atoms with Crippen LogP contribution in [0.4, 0.5) is 17.6 Å². The van der Waals surface area contributed by atoms with E-state index >= 15 is 0 Å². The predicted octanol–water partition coefficient (Wildman–Crippen LogP) is 6.60. The molecule has 0 aliphatic carbocycles. The van der Waals surface area contributed by atoms with Crippen molar-refractivity contribution in [3.05, 3.63) is 94.8 Å². The number of unbranched alkanes of at least 4 members (excludes halogenated alkanes) is 1. The summed E-state index contributed by atoms with van der Waals surface area (Å²) < 4.78 is 56.4. The third kappa shape index (κ3) is 4.47. The molecule has 0 spiro atoms. The Morgan fingerprint density at radius 2 is 1.53 bits per heavy atom. The minimum Gasteiger partial charge on any atom is -0.236 e. The highest BCUT2D eigenvalue weighted by Crippen LogP contribution is 2.23. The maximum atomic E-state index is 14.6. The lowest BCUT2D eigenvalue weighted by Gasteiger charge is -2.05. The third-order valence-corrected chi connectivity index (χ3v) is 5.06. The average Bonchev–Trinajstić information content (AvgIpc) is 2.80. The number of benzene rings is 3. The van der Waals surface area contributed by atoms with Gasteiger partial charge in [0.2, 0.25) is 0 Å². The Morgan fingerprint density at radius 1 is 0.812 bits per heavy atom. The van der Waals surface area contributed by atoms with Crippen molar-refractivity contribution in [3.8, 4) is 23.2 Å². The fourth-order valence-corrected chi connectivity index (χ4v) is 3.31. The second kappa shape index (κ2) is 9.19. The Labute approximate surface area is 183 Å². The van der Waals surface area contributed by atoms with Gasteiger partial charge >= 0.3 is 0 Å². The molecule has 6 heteroatoms. The third-order valence-electron chi connectivity index (χ3n) is 5.06. The molecule has 0 radical (unpaired) electrons.